The predicted octanol–water partition coefficient (Wildman–Crippen LogP) is 2.52. The smallest absolute Gasteiger partial charge is 0.410 e. The number of hydrogen-bond donors (Lipinski definition) is 0. The largest absolute Gasteiger partial charge is 0.444 e. The number of aliphatic imine (C=N–C) groups is 1. The Morgan fingerprint density at radius 3 is 2.52 bits per heavy atom. The molecule has 1 aliphatic heterocycles. The van der Waals surface area contributed by atoms with Crippen LogP contribution >= 0.6 is 15.9 Å². The molecule has 1 aliphatic rings. The highest BCUT2D eigenvalue weighted by atomic mass is 79.9. The zero-order chi connectivity index (χ0) is 18.6. The van der Waals surface area contributed by atoms with Gasteiger partial charge in [0.1, 0.15) is 10.2 Å². The lowest BCUT2D eigenvalue weighted by Crippen LogP contribution is -2.50. The number of carbonyl (C=O) groups excluding carboxylic acids is 1. The molecule has 1 fully saturated rings. The Morgan fingerprint density at radius 1 is 1.32 bits per heavy atom. The van der Waals surface area contributed by atoms with Gasteiger partial charge in [-0.1, -0.05) is 0 Å². The molecule has 1 aromatic rings. The number of aromatic nitrogens is 2. The molecule has 2 rings (SSSR count). The molecule has 0 radical (unpaired) electrons. The van der Waals surface area contributed by atoms with Crippen LogP contribution in [0.25, 0.3) is 0 Å². The van der Waals surface area contributed by atoms with Crippen molar-refractivity contribution < 1.29 is 9.53 Å². The van der Waals surface area contributed by atoms with Gasteiger partial charge in [0.15, 0.2) is 11.6 Å². The summed E-state index contributed by atoms with van der Waals surface area (Å²) >= 11 is 3.33. The summed E-state index contributed by atoms with van der Waals surface area (Å²) in [7, 11) is 3.79. The highest BCUT2D eigenvalue weighted by molar-refractivity contribution is 9.10. The van der Waals surface area contributed by atoms with Gasteiger partial charge in [-0.2, -0.15) is 0 Å². The van der Waals surface area contributed by atoms with E-state index < -0.39 is 5.60 Å². The Labute approximate surface area is 157 Å². The van der Waals surface area contributed by atoms with E-state index in [0.29, 0.717) is 42.4 Å². The predicted molar refractivity (Wildman–Crippen MR) is 102 cm³/mol. The number of nitrogens with zero attached hydrogens (tertiary/aromatic N) is 6. The minimum Gasteiger partial charge on any atom is -0.444 e. The third kappa shape index (κ3) is 5.84. The van der Waals surface area contributed by atoms with Crippen molar-refractivity contribution in [1.82, 2.24) is 19.8 Å². The molecule has 0 atom stereocenters. The Hall–Kier alpha value is -1.90. The summed E-state index contributed by atoms with van der Waals surface area (Å²) in [5, 5.41) is 0. The number of halogens is 1. The van der Waals surface area contributed by atoms with Crippen LogP contribution in [-0.2, 0) is 4.74 Å². The van der Waals surface area contributed by atoms with Crippen molar-refractivity contribution in [1.29, 1.82) is 0 Å². The summed E-state index contributed by atoms with van der Waals surface area (Å²) in [6.07, 6.45) is 3.07. The molecule has 0 N–H and O–H groups in total. The lowest BCUT2D eigenvalue weighted by Gasteiger charge is -2.36. The van der Waals surface area contributed by atoms with Crippen molar-refractivity contribution in [2.75, 3.05) is 45.2 Å². The topological polar surface area (TPSA) is 74.2 Å². The van der Waals surface area contributed by atoms with Crippen LogP contribution in [-0.4, -0.2) is 78.1 Å². The fraction of sp³-hybridized carbons (Fsp3) is 0.625. The van der Waals surface area contributed by atoms with E-state index in [0.717, 1.165) is 0 Å². The SMILES string of the molecule is CN(C)C=Nc1nc(Br)cnc1N1CCN(C(=O)OC(C)(C)C)CC1. The number of ether oxygens (including phenoxy) is 1. The second-order valence-corrected chi connectivity index (χ2v) is 7.82. The summed E-state index contributed by atoms with van der Waals surface area (Å²) < 4.78 is 6.06. The molecule has 25 heavy (non-hydrogen) atoms. The lowest BCUT2D eigenvalue weighted by atomic mass is 10.2. The molecule has 1 aromatic heterocycles. The van der Waals surface area contributed by atoms with Gasteiger partial charge in [-0.3, -0.25) is 0 Å². The van der Waals surface area contributed by atoms with Crippen molar-refractivity contribution in [3.05, 3.63) is 10.8 Å². The summed E-state index contributed by atoms with van der Waals surface area (Å²) in [5.74, 6) is 1.26. The van der Waals surface area contributed by atoms with Crippen LogP contribution in [0, 0.1) is 0 Å². The van der Waals surface area contributed by atoms with Gasteiger partial charge in [-0.25, -0.2) is 19.8 Å². The molecule has 138 valence electrons. The van der Waals surface area contributed by atoms with E-state index in [1.54, 1.807) is 17.4 Å². The van der Waals surface area contributed by atoms with Gasteiger partial charge >= 0.3 is 6.09 Å². The molecule has 1 saturated heterocycles. The van der Waals surface area contributed by atoms with Crippen molar-refractivity contribution in [3.8, 4) is 0 Å². The van der Waals surface area contributed by atoms with E-state index in [-0.39, 0.29) is 6.09 Å². The van der Waals surface area contributed by atoms with E-state index in [1.807, 2.05) is 39.8 Å². The molecule has 0 saturated carbocycles. The van der Waals surface area contributed by atoms with Crippen LogP contribution in [0.15, 0.2) is 15.8 Å². The van der Waals surface area contributed by atoms with Crippen LogP contribution in [0.2, 0.25) is 0 Å². The molecule has 2 heterocycles. The second kappa shape index (κ2) is 7.99. The number of amides is 1. The average Bonchev–Trinajstić information content (AvgIpc) is 2.51. The third-order valence-electron chi connectivity index (χ3n) is 3.35. The molecular weight excluding hydrogens is 388 g/mol. The first-order valence-corrected chi connectivity index (χ1v) is 8.91. The fourth-order valence-corrected chi connectivity index (χ4v) is 2.53. The molecule has 1 amide bonds. The van der Waals surface area contributed by atoms with Crippen LogP contribution in [0.4, 0.5) is 16.4 Å². The Kier molecular flexibility index (Phi) is 6.21. The second-order valence-electron chi connectivity index (χ2n) is 7.00. The van der Waals surface area contributed by atoms with Gasteiger partial charge in [-0.05, 0) is 36.7 Å². The van der Waals surface area contributed by atoms with E-state index in [9.17, 15) is 4.79 Å². The monoisotopic (exact) mass is 412 g/mol. The number of rotatable bonds is 3. The van der Waals surface area contributed by atoms with Crippen LogP contribution in [0.3, 0.4) is 0 Å². The van der Waals surface area contributed by atoms with Gasteiger partial charge in [0, 0.05) is 40.3 Å². The Balaban J connectivity index is 2.07. The average molecular weight is 413 g/mol. The first-order valence-electron chi connectivity index (χ1n) is 8.12. The van der Waals surface area contributed by atoms with Gasteiger partial charge in [0.2, 0.25) is 0 Å². The Bertz CT molecular complexity index is 636. The zero-order valence-corrected chi connectivity index (χ0v) is 16.9. The maximum atomic E-state index is 12.2. The van der Waals surface area contributed by atoms with Crippen molar-refractivity contribution in [3.63, 3.8) is 0 Å². The summed E-state index contributed by atoms with van der Waals surface area (Å²) in [6, 6.07) is 0. The quantitative estimate of drug-likeness (QED) is 0.560. The molecule has 0 spiro atoms. The van der Waals surface area contributed by atoms with E-state index in [2.05, 4.69) is 35.8 Å². The van der Waals surface area contributed by atoms with Crippen molar-refractivity contribution in [2.24, 2.45) is 4.99 Å². The summed E-state index contributed by atoms with van der Waals surface area (Å²) in [4.78, 5) is 31.1. The van der Waals surface area contributed by atoms with Gasteiger partial charge < -0.3 is 19.4 Å². The molecule has 9 heteroatoms. The number of hydrogen-bond acceptors (Lipinski definition) is 6. The minimum atomic E-state index is -0.487. The normalized spacial score (nSPS) is 15.6. The van der Waals surface area contributed by atoms with Gasteiger partial charge in [0.25, 0.3) is 0 Å². The first kappa shape index (κ1) is 19.4. The third-order valence-corrected chi connectivity index (χ3v) is 3.73. The highest BCUT2D eigenvalue weighted by Crippen LogP contribution is 2.26. The highest BCUT2D eigenvalue weighted by Gasteiger charge is 2.27. The molecule has 0 aromatic carbocycles. The molecule has 0 unspecified atom stereocenters. The maximum absolute atomic E-state index is 12.2. The van der Waals surface area contributed by atoms with Crippen molar-refractivity contribution in [2.45, 2.75) is 26.4 Å². The number of piperazine rings is 1. The molecular formula is C16H25BrN6O2. The van der Waals surface area contributed by atoms with E-state index >= 15 is 0 Å². The van der Waals surface area contributed by atoms with Gasteiger partial charge in [0.05, 0.1) is 12.5 Å². The first-order chi connectivity index (χ1) is 11.7. The van der Waals surface area contributed by atoms with Crippen molar-refractivity contribution >= 4 is 40.0 Å². The van der Waals surface area contributed by atoms with Gasteiger partial charge in [-0.15, -0.1) is 0 Å². The van der Waals surface area contributed by atoms with Crippen LogP contribution in [0.5, 0.6) is 0 Å². The van der Waals surface area contributed by atoms with E-state index in [4.69, 9.17) is 4.74 Å². The number of carbonyl (C=O) groups is 1. The fourth-order valence-electron chi connectivity index (χ4n) is 2.26. The molecule has 8 nitrogen and oxygen atoms in total. The Morgan fingerprint density at radius 2 is 1.96 bits per heavy atom. The lowest BCUT2D eigenvalue weighted by molar-refractivity contribution is 0.0240. The van der Waals surface area contributed by atoms with Crippen LogP contribution < -0.4 is 4.90 Å². The summed E-state index contributed by atoms with van der Waals surface area (Å²) in [6.45, 7) is 8.06. The molecule has 0 bridgehead atoms. The zero-order valence-electron chi connectivity index (χ0n) is 15.4. The minimum absolute atomic E-state index is 0.278. The van der Waals surface area contributed by atoms with Crippen LogP contribution in [0.1, 0.15) is 20.8 Å². The van der Waals surface area contributed by atoms with E-state index in [1.165, 1.54) is 0 Å². The number of anilines is 1. The summed E-state index contributed by atoms with van der Waals surface area (Å²) in [5.41, 5.74) is -0.487. The maximum Gasteiger partial charge on any atom is 0.410 e. The standard InChI is InChI=1S/C16H25BrN6O2/c1-16(2,3)25-15(24)23-8-6-22(7-9-23)14-13(19-11-21(4)5)20-12(17)10-18-14/h10-11H,6-9H2,1-5H3. The molecule has 0 aliphatic carbocycles.